The van der Waals surface area contributed by atoms with E-state index in [-0.39, 0.29) is 6.42 Å². The van der Waals surface area contributed by atoms with Crippen molar-refractivity contribution in [1.82, 2.24) is 4.90 Å². The second-order valence-corrected chi connectivity index (χ2v) is 4.62. The van der Waals surface area contributed by atoms with Crippen LogP contribution in [-0.2, 0) is 4.79 Å². The number of carbonyl (C=O) groups excluding carboxylic acids is 1. The Morgan fingerprint density at radius 2 is 2.10 bits per heavy atom. The molecule has 6 heteroatoms. The smallest absolute Gasteiger partial charge is 0.322 e. The number of carboxylic acids is 1. The molecular weight excluding hydrogens is 263 g/mol. The van der Waals surface area contributed by atoms with Gasteiger partial charge in [-0.05, 0) is 38.5 Å². The molecule has 0 saturated heterocycles. The molecular formula is C14H19FN2O3. The summed E-state index contributed by atoms with van der Waals surface area (Å²) in [5.74, 6) is -1.40. The van der Waals surface area contributed by atoms with E-state index < -0.39 is 23.9 Å². The third-order valence-electron chi connectivity index (χ3n) is 3.04. The predicted molar refractivity (Wildman–Crippen MR) is 74.3 cm³/mol. The van der Waals surface area contributed by atoms with Crippen LogP contribution in [0.1, 0.15) is 25.8 Å². The molecule has 2 N–H and O–H groups in total. The Balaban J connectivity index is 2.82. The Morgan fingerprint density at radius 1 is 1.45 bits per heavy atom. The van der Waals surface area contributed by atoms with Crippen molar-refractivity contribution in [2.24, 2.45) is 0 Å². The first kappa shape index (κ1) is 15.9. The van der Waals surface area contributed by atoms with Gasteiger partial charge in [0.2, 0.25) is 0 Å². The Labute approximate surface area is 117 Å². The van der Waals surface area contributed by atoms with E-state index in [4.69, 9.17) is 5.11 Å². The first-order chi connectivity index (χ1) is 9.35. The zero-order valence-electron chi connectivity index (χ0n) is 11.8. The van der Waals surface area contributed by atoms with Crippen LogP contribution in [0.15, 0.2) is 18.2 Å². The summed E-state index contributed by atoms with van der Waals surface area (Å²) in [6.45, 7) is 5.55. The fourth-order valence-electron chi connectivity index (χ4n) is 1.93. The molecule has 0 aliphatic carbocycles. The summed E-state index contributed by atoms with van der Waals surface area (Å²) in [7, 11) is 0. The molecule has 1 aromatic rings. The molecule has 0 heterocycles. The number of nitrogens with zero attached hydrogens (tertiary/aromatic N) is 1. The molecule has 1 aromatic carbocycles. The number of hydrogen-bond acceptors (Lipinski definition) is 2. The molecule has 1 rings (SSSR count). The van der Waals surface area contributed by atoms with E-state index in [0.717, 1.165) is 5.56 Å². The molecule has 1 unspecified atom stereocenters. The van der Waals surface area contributed by atoms with Crippen molar-refractivity contribution in [3.8, 4) is 0 Å². The first-order valence-corrected chi connectivity index (χ1v) is 6.40. The Hall–Kier alpha value is -2.11. The minimum Gasteiger partial charge on any atom is -0.481 e. The monoisotopic (exact) mass is 282 g/mol. The summed E-state index contributed by atoms with van der Waals surface area (Å²) < 4.78 is 13.2. The lowest BCUT2D eigenvalue weighted by Gasteiger charge is -2.27. The molecule has 0 radical (unpaired) electrons. The molecule has 0 bridgehead atoms. The van der Waals surface area contributed by atoms with Crippen LogP contribution in [0.3, 0.4) is 0 Å². The molecule has 0 aliphatic rings. The first-order valence-electron chi connectivity index (χ1n) is 6.40. The van der Waals surface area contributed by atoms with Gasteiger partial charge in [-0.3, -0.25) is 4.79 Å². The second kappa shape index (κ2) is 6.88. The number of carbonyl (C=O) groups is 2. The molecule has 110 valence electrons. The van der Waals surface area contributed by atoms with Gasteiger partial charge in [0.15, 0.2) is 0 Å². The van der Waals surface area contributed by atoms with Gasteiger partial charge in [0.25, 0.3) is 0 Å². The van der Waals surface area contributed by atoms with Crippen LogP contribution in [0.5, 0.6) is 0 Å². The summed E-state index contributed by atoms with van der Waals surface area (Å²) in [5.41, 5.74) is 1.12. The van der Waals surface area contributed by atoms with Crippen LogP contribution in [0.2, 0.25) is 0 Å². The number of anilines is 1. The highest BCUT2D eigenvalue weighted by Crippen LogP contribution is 2.17. The lowest BCUT2D eigenvalue weighted by molar-refractivity contribution is -0.137. The Kier molecular flexibility index (Phi) is 5.49. The number of benzene rings is 1. The van der Waals surface area contributed by atoms with Crippen LogP contribution in [0, 0.1) is 12.7 Å². The van der Waals surface area contributed by atoms with E-state index in [2.05, 4.69) is 5.32 Å². The normalized spacial score (nSPS) is 11.8. The van der Waals surface area contributed by atoms with Crippen molar-refractivity contribution in [3.63, 3.8) is 0 Å². The van der Waals surface area contributed by atoms with Gasteiger partial charge in [0.05, 0.1) is 6.42 Å². The molecule has 5 nitrogen and oxygen atoms in total. The SMILES string of the molecule is CCN(C(=O)Nc1cc(F)ccc1C)C(C)CC(=O)O. The average molecular weight is 282 g/mol. The van der Waals surface area contributed by atoms with E-state index in [1.165, 1.54) is 17.0 Å². The van der Waals surface area contributed by atoms with Crippen LogP contribution in [0.4, 0.5) is 14.9 Å². The highest BCUT2D eigenvalue weighted by Gasteiger charge is 2.21. The standard InChI is InChI=1S/C14H19FN2O3/c1-4-17(10(3)7-13(18)19)14(20)16-12-8-11(15)6-5-9(12)2/h5-6,8,10H,4,7H2,1-3H3,(H,16,20)(H,18,19). The van der Waals surface area contributed by atoms with Crippen LogP contribution in [-0.4, -0.2) is 34.6 Å². The summed E-state index contributed by atoms with van der Waals surface area (Å²) in [4.78, 5) is 24.2. The third-order valence-corrected chi connectivity index (χ3v) is 3.04. The highest BCUT2D eigenvalue weighted by molar-refractivity contribution is 5.90. The fourth-order valence-corrected chi connectivity index (χ4v) is 1.93. The number of rotatable bonds is 5. The zero-order valence-corrected chi connectivity index (χ0v) is 11.8. The van der Waals surface area contributed by atoms with E-state index >= 15 is 0 Å². The second-order valence-electron chi connectivity index (χ2n) is 4.62. The Bertz CT molecular complexity index is 505. The van der Waals surface area contributed by atoms with Gasteiger partial charge in [-0.25, -0.2) is 9.18 Å². The molecule has 0 aromatic heterocycles. The van der Waals surface area contributed by atoms with E-state index in [1.54, 1.807) is 26.8 Å². The summed E-state index contributed by atoms with van der Waals surface area (Å²) in [5, 5.41) is 11.4. The number of amides is 2. The Morgan fingerprint density at radius 3 is 2.65 bits per heavy atom. The quantitative estimate of drug-likeness (QED) is 0.872. The molecule has 20 heavy (non-hydrogen) atoms. The summed E-state index contributed by atoms with van der Waals surface area (Å²) in [6.07, 6.45) is -0.136. The summed E-state index contributed by atoms with van der Waals surface area (Å²) in [6, 6.07) is 3.25. The number of urea groups is 1. The van der Waals surface area contributed by atoms with Gasteiger partial charge >= 0.3 is 12.0 Å². The van der Waals surface area contributed by atoms with Crippen LogP contribution in [0.25, 0.3) is 0 Å². The fraction of sp³-hybridized carbons (Fsp3) is 0.429. The van der Waals surface area contributed by atoms with Gasteiger partial charge in [-0.2, -0.15) is 0 Å². The largest absolute Gasteiger partial charge is 0.481 e. The van der Waals surface area contributed by atoms with Crippen molar-refractivity contribution in [3.05, 3.63) is 29.6 Å². The number of halogens is 1. The van der Waals surface area contributed by atoms with Gasteiger partial charge < -0.3 is 15.3 Å². The van der Waals surface area contributed by atoms with Crippen molar-refractivity contribution >= 4 is 17.7 Å². The molecule has 0 spiro atoms. The number of hydrogen-bond donors (Lipinski definition) is 2. The predicted octanol–water partition coefficient (Wildman–Crippen LogP) is 2.85. The number of carboxylic acid groups (broad SMARTS) is 1. The van der Waals surface area contributed by atoms with Crippen molar-refractivity contribution in [2.45, 2.75) is 33.2 Å². The lowest BCUT2D eigenvalue weighted by atomic mass is 10.2. The maximum Gasteiger partial charge on any atom is 0.322 e. The third kappa shape index (κ3) is 4.22. The van der Waals surface area contributed by atoms with Gasteiger partial charge in [-0.15, -0.1) is 0 Å². The maximum absolute atomic E-state index is 13.2. The summed E-state index contributed by atoms with van der Waals surface area (Å²) >= 11 is 0. The van der Waals surface area contributed by atoms with E-state index in [9.17, 15) is 14.0 Å². The van der Waals surface area contributed by atoms with Gasteiger partial charge in [0, 0.05) is 18.3 Å². The van der Waals surface area contributed by atoms with Crippen molar-refractivity contribution in [2.75, 3.05) is 11.9 Å². The molecule has 0 fully saturated rings. The number of aliphatic carboxylic acids is 1. The average Bonchev–Trinajstić information content (AvgIpc) is 2.33. The minimum atomic E-state index is -0.967. The van der Waals surface area contributed by atoms with E-state index in [1.807, 2.05) is 0 Å². The van der Waals surface area contributed by atoms with Crippen LogP contribution < -0.4 is 5.32 Å². The zero-order chi connectivity index (χ0) is 15.3. The van der Waals surface area contributed by atoms with E-state index in [0.29, 0.717) is 12.2 Å². The van der Waals surface area contributed by atoms with Crippen molar-refractivity contribution in [1.29, 1.82) is 0 Å². The van der Waals surface area contributed by atoms with Gasteiger partial charge in [-0.1, -0.05) is 6.07 Å². The molecule has 0 saturated carbocycles. The van der Waals surface area contributed by atoms with Crippen molar-refractivity contribution < 1.29 is 19.1 Å². The number of nitrogens with one attached hydrogen (secondary N) is 1. The number of aryl methyl sites for hydroxylation is 1. The molecule has 0 aliphatic heterocycles. The van der Waals surface area contributed by atoms with Crippen LogP contribution >= 0.6 is 0 Å². The topological polar surface area (TPSA) is 69.6 Å². The van der Waals surface area contributed by atoms with Gasteiger partial charge in [0.1, 0.15) is 5.82 Å². The maximum atomic E-state index is 13.2. The molecule has 1 atom stereocenters. The highest BCUT2D eigenvalue weighted by atomic mass is 19.1. The lowest BCUT2D eigenvalue weighted by Crippen LogP contribution is -2.42. The molecule has 2 amide bonds. The minimum absolute atomic E-state index is 0.136.